The summed E-state index contributed by atoms with van der Waals surface area (Å²) in [5.41, 5.74) is 0.594. The summed E-state index contributed by atoms with van der Waals surface area (Å²) >= 11 is 0. The Hall–Kier alpha value is -2.54. The van der Waals surface area contributed by atoms with E-state index in [9.17, 15) is 13.2 Å². The van der Waals surface area contributed by atoms with E-state index in [1.54, 1.807) is 36.4 Å². The number of anilines is 1. The van der Waals surface area contributed by atoms with Crippen LogP contribution in [0.25, 0.3) is 0 Å². The highest BCUT2D eigenvalue weighted by Gasteiger charge is 2.17. The summed E-state index contributed by atoms with van der Waals surface area (Å²) in [6, 6.07) is 13.2. The highest BCUT2D eigenvalue weighted by Crippen LogP contribution is 2.19. The number of benzene rings is 2. The van der Waals surface area contributed by atoms with Crippen molar-refractivity contribution in [2.75, 3.05) is 17.7 Å². The van der Waals surface area contributed by atoms with E-state index < -0.39 is 9.84 Å². The topological polar surface area (TPSA) is 81.7 Å². The molecule has 0 aliphatic rings. The molecule has 146 valence electrons. The van der Waals surface area contributed by atoms with Crippen molar-refractivity contribution in [2.45, 2.75) is 38.2 Å². The molecular formula is C20H25NO5S. The average molecular weight is 391 g/mol. The Morgan fingerprint density at radius 2 is 1.59 bits per heavy atom. The molecule has 2 aromatic carbocycles. The van der Waals surface area contributed by atoms with Gasteiger partial charge in [-0.15, -0.1) is 0 Å². The highest BCUT2D eigenvalue weighted by atomic mass is 32.2. The zero-order valence-corrected chi connectivity index (χ0v) is 16.6. The number of hydrogen-bond acceptors (Lipinski definition) is 5. The molecule has 7 heteroatoms. The molecule has 0 aromatic heterocycles. The van der Waals surface area contributed by atoms with Crippen LogP contribution in [-0.4, -0.2) is 32.8 Å². The molecule has 0 saturated heterocycles. The van der Waals surface area contributed by atoms with Gasteiger partial charge in [0.25, 0.3) is 0 Å². The Labute approximate surface area is 160 Å². The summed E-state index contributed by atoms with van der Waals surface area (Å²) in [6.45, 7) is 6.25. The van der Waals surface area contributed by atoms with Crippen LogP contribution >= 0.6 is 0 Å². The van der Waals surface area contributed by atoms with E-state index in [1.807, 2.05) is 20.8 Å². The molecule has 0 aliphatic carbocycles. The number of carbonyl (C=O) groups excluding carboxylic acids is 1. The molecule has 27 heavy (non-hydrogen) atoms. The van der Waals surface area contributed by atoms with E-state index in [-0.39, 0.29) is 29.1 Å². The lowest BCUT2D eigenvalue weighted by Crippen LogP contribution is -2.17. The Morgan fingerprint density at radius 1 is 1.00 bits per heavy atom. The van der Waals surface area contributed by atoms with Gasteiger partial charge in [0, 0.05) is 12.1 Å². The van der Waals surface area contributed by atoms with Crippen LogP contribution in [0, 0.1) is 0 Å². The maximum atomic E-state index is 12.4. The molecule has 2 aromatic rings. The number of rotatable bonds is 9. The maximum absolute atomic E-state index is 12.4. The van der Waals surface area contributed by atoms with E-state index in [0.717, 1.165) is 0 Å². The summed E-state index contributed by atoms with van der Waals surface area (Å²) in [4.78, 5) is 12.2. The molecule has 0 radical (unpaired) electrons. The van der Waals surface area contributed by atoms with Crippen LogP contribution in [0.1, 0.15) is 27.2 Å². The molecular weight excluding hydrogens is 366 g/mol. The molecule has 0 bridgehead atoms. The maximum Gasteiger partial charge on any atom is 0.225 e. The fourth-order valence-corrected chi connectivity index (χ4v) is 3.61. The molecule has 1 amide bonds. The first-order chi connectivity index (χ1) is 12.8. The van der Waals surface area contributed by atoms with Gasteiger partial charge in [-0.05, 0) is 69.3 Å². The summed E-state index contributed by atoms with van der Waals surface area (Å²) in [5, 5.41) is 2.69. The largest absolute Gasteiger partial charge is 0.494 e. The summed E-state index contributed by atoms with van der Waals surface area (Å²) < 4.78 is 35.6. The van der Waals surface area contributed by atoms with Gasteiger partial charge in [0.1, 0.15) is 11.5 Å². The molecule has 2 rings (SSSR count). The predicted molar refractivity (Wildman–Crippen MR) is 105 cm³/mol. The van der Waals surface area contributed by atoms with E-state index >= 15 is 0 Å². The van der Waals surface area contributed by atoms with Crippen LogP contribution in [0.2, 0.25) is 0 Å². The van der Waals surface area contributed by atoms with Gasteiger partial charge < -0.3 is 14.8 Å². The summed E-state index contributed by atoms with van der Waals surface area (Å²) in [6.07, 6.45) is -0.112. The zero-order valence-electron chi connectivity index (χ0n) is 15.8. The summed E-state index contributed by atoms with van der Waals surface area (Å²) in [5.74, 6) is 0.697. The number of amides is 1. The Balaban J connectivity index is 1.90. The first-order valence-corrected chi connectivity index (χ1v) is 10.5. The molecule has 0 saturated carbocycles. The van der Waals surface area contributed by atoms with Crippen LogP contribution < -0.4 is 14.8 Å². The number of nitrogens with one attached hydrogen (secondary N) is 1. The summed E-state index contributed by atoms with van der Waals surface area (Å²) in [7, 11) is -3.54. The van der Waals surface area contributed by atoms with Crippen molar-refractivity contribution < 1.29 is 22.7 Å². The Bertz CT molecular complexity index is 843. The molecule has 0 fully saturated rings. The van der Waals surface area contributed by atoms with Gasteiger partial charge in [0.05, 0.1) is 23.4 Å². The second-order valence-electron chi connectivity index (χ2n) is 6.21. The lowest BCUT2D eigenvalue weighted by Gasteiger charge is -2.10. The highest BCUT2D eigenvalue weighted by molar-refractivity contribution is 7.91. The van der Waals surface area contributed by atoms with E-state index in [1.165, 1.54) is 12.1 Å². The Kier molecular flexibility index (Phi) is 7.24. The van der Waals surface area contributed by atoms with Crippen molar-refractivity contribution in [1.29, 1.82) is 0 Å². The molecule has 0 atom stereocenters. The van der Waals surface area contributed by atoms with E-state index in [4.69, 9.17) is 9.47 Å². The lowest BCUT2D eigenvalue weighted by molar-refractivity contribution is -0.115. The fourth-order valence-electron chi connectivity index (χ4n) is 2.37. The van der Waals surface area contributed by atoms with Gasteiger partial charge in [0.15, 0.2) is 9.84 Å². The van der Waals surface area contributed by atoms with Crippen molar-refractivity contribution in [1.82, 2.24) is 0 Å². The minimum Gasteiger partial charge on any atom is -0.494 e. The second kappa shape index (κ2) is 9.41. The van der Waals surface area contributed by atoms with Gasteiger partial charge in [-0.1, -0.05) is 0 Å². The number of hydrogen-bond donors (Lipinski definition) is 1. The molecule has 0 spiro atoms. The van der Waals surface area contributed by atoms with Gasteiger partial charge in [-0.25, -0.2) is 8.42 Å². The predicted octanol–water partition coefficient (Wildman–Crippen LogP) is 3.68. The minimum absolute atomic E-state index is 0.0127. The number of ether oxygens (including phenoxy) is 2. The monoisotopic (exact) mass is 391 g/mol. The fraction of sp³-hybridized carbons (Fsp3) is 0.350. The van der Waals surface area contributed by atoms with E-state index in [2.05, 4.69) is 5.32 Å². The third-order valence-electron chi connectivity index (χ3n) is 3.60. The molecule has 0 aliphatic heterocycles. The third-order valence-corrected chi connectivity index (χ3v) is 5.33. The van der Waals surface area contributed by atoms with Gasteiger partial charge in [-0.3, -0.25) is 4.79 Å². The standard InChI is InChI=1S/C20H25NO5S/c1-4-25-17-7-5-16(6-8-17)21-20(22)13-14-27(23,24)19-11-9-18(10-12-19)26-15(2)3/h5-12,15H,4,13-14H2,1-3H3,(H,21,22). The van der Waals surface area contributed by atoms with Crippen molar-refractivity contribution >= 4 is 21.4 Å². The number of sulfone groups is 1. The first kappa shape index (κ1) is 20.8. The zero-order chi connectivity index (χ0) is 19.9. The first-order valence-electron chi connectivity index (χ1n) is 8.82. The molecule has 6 nitrogen and oxygen atoms in total. The smallest absolute Gasteiger partial charge is 0.225 e. The lowest BCUT2D eigenvalue weighted by atomic mass is 10.3. The Morgan fingerprint density at radius 3 is 2.15 bits per heavy atom. The molecule has 1 N–H and O–H groups in total. The second-order valence-corrected chi connectivity index (χ2v) is 8.32. The SMILES string of the molecule is CCOc1ccc(NC(=O)CCS(=O)(=O)c2ccc(OC(C)C)cc2)cc1. The van der Waals surface area contributed by atoms with E-state index in [0.29, 0.717) is 23.8 Å². The third kappa shape index (κ3) is 6.60. The van der Waals surface area contributed by atoms with Crippen molar-refractivity contribution in [2.24, 2.45) is 0 Å². The van der Waals surface area contributed by atoms with Crippen molar-refractivity contribution in [3.05, 3.63) is 48.5 Å². The van der Waals surface area contributed by atoms with Crippen LogP contribution in [0.5, 0.6) is 11.5 Å². The van der Waals surface area contributed by atoms with Crippen LogP contribution in [-0.2, 0) is 14.6 Å². The normalized spacial score (nSPS) is 11.3. The van der Waals surface area contributed by atoms with Crippen LogP contribution in [0.15, 0.2) is 53.4 Å². The van der Waals surface area contributed by atoms with Gasteiger partial charge in [-0.2, -0.15) is 0 Å². The van der Waals surface area contributed by atoms with Crippen molar-refractivity contribution in [3.8, 4) is 11.5 Å². The van der Waals surface area contributed by atoms with Gasteiger partial charge >= 0.3 is 0 Å². The minimum atomic E-state index is -3.54. The quantitative estimate of drug-likeness (QED) is 0.705. The molecule has 0 heterocycles. The van der Waals surface area contributed by atoms with Crippen LogP contribution in [0.3, 0.4) is 0 Å². The van der Waals surface area contributed by atoms with Crippen LogP contribution in [0.4, 0.5) is 5.69 Å². The average Bonchev–Trinajstić information content (AvgIpc) is 2.62. The number of carbonyl (C=O) groups is 1. The van der Waals surface area contributed by atoms with Gasteiger partial charge in [0.2, 0.25) is 5.91 Å². The van der Waals surface area contributed by atoms with Crippen molar-refractivity contribution in [3.63, 3.8) is 0 Å². The molecule has 0 unspecified atom stereocenters.